The van der Waals surface area contributed by atoms with Crippen LogP contribution in [0.4, 0.5) is 5.82 Å². The molecule has 0 spiro atoms. The van der Waals surface area contributed by atoms with Gasteiger partial charge in [-0.3, -0.25) is 9.69 Å². The van der Waals surface area contributed by atoms with Crippen LogP contribution in [-0.2, 0) is 4.79 Å². The summed E-state index contributed by atoms with van der Waals surface area (Å²) in [6, 6.07) is 3.92. The summed E-state index contributed by atoms with van der Waals surface area (Å²) in [7, 11) is 0. The second-order valence-electron chi connectivity index (χ2n) is 4.24. The van der Waals surface area contributed by atoms with Crippen LogP contribution >= 0.6 is 0 Å². The van der Waals surface area contributed by atoms with Crippen molar-refractivity contribution >= 4 is 11.7 Å². The van der Waals surface area contributed by atoms with Gasteiger partial charge in [-0.05, 0) is 37.0 Å². The Hall–Kier alpha value is -1.38. The number of pyridine rings is 1. The molecule has 1 aliphatic heterocycles. The molecule has 1 aromatic heterocycles. The van der Waals surface area contributed by atoms with Crippen molar-refractivity contribution in [3.8, 4) is 0 Å². The van der Waals surface area contributed by atoms with Gasteiger partial charge >= 0.3 is 0 Å². The summed E-state index contributed by atoms with van der Waals surface area (Å²) in [5.41, 5.74) is 1.16. The summed E-state index contributed by atoms with van der Waals surface area (Å²) in [6.45, 7) is 2.90. The molecule has 3 heteroatoms. The Kier molecular flexibility index (Phi) is 1.46. The smallest absolute Gasteiger partial charge is 0.231 e. The SMILES string of the molecule is Cc1ccnc(N2C[C@H]3C[C@H]3C2=O)c1. The molecule has 1 amide bonds. The van der Waals surface area contributed by atoms with Gasteiger partial charge in [0.1, 0.15) is 5.82 Å². The third kappa shape index (κ3) is 1.05. The normalized spacial score (nSPS) is 29.2. The summed E-state index contributed by atoms with van der Waals surface area (Å²) in [5, 5.41) is 0. The van der Waals surface area contributed by atoms with Gasteiger partial charge in [-0.2, -0.15) is 0 Å². The first-order valence-electron chi connectivity index (χ1n) is 5.00. The summed E-state index contributed by atoms with van der Waals surface area (Å²) < 4.78 is 0. The molecule has 0 radical (unpaired) electrons. The highest BCUT2D eigenvalue weighted by Gasteiger charge is 2.52. The first-order valence-corrected chi connectivity index (χ1v) is 5.00. The molecule has 3 rings (SSSR count). The number of nitrogens with zero attached hydrogens (tertiary/aromatic N) is 2. The van der Waals surface area contributed by atoms with E-state index in [1.807, 2.05) is 24.0 Å². The van der Waals surface area contributed by atoms with Crippen LogP contribution in [0.1, 0.15) is 12.0 Å². The monoisotopic (exact) mass is 188 g/mol. The fourth-order valence-electron chi connectivity index (χ4n) is 2.15. The third-order valence-corrected chi connectivity index (χ3v) is 3.10. The standard InChI is InChI=1S/C11H12N2O/c1-7-2-3-12-10(4-7)13-6-8-5-9(8)11(13)14/h2-4,8-9H,5-6H2,1H3/t8-,9-/m1/s1. The van der Waals surface area contributed by atoms with E-state index in [1.165, 1.54) is 0 Å². The molecule has 3 nitrogen and oxygen atoms in total. The van der Waals surface area contributed by atoms with E-state index in [0.717, 1.165) is 24.3 Å². The van der Waals surface area contributed by atoms with Crippen LogP contribution in [0.15, 0.2) is 18.3 Å². The molecule has 1 aromatic rings. The number of piperidine rings is 1. The second kappa shape index (κ2) is 2.56. The van der Waals surface area contributed by atoms with Gasteiger partial charge in [-0.25, -0.2) is 4.98 Å². The van der Waals surface area contributed by atoms with Crippen molar-refractivity contribution in [2.24, 2.45) is 11.8 Å². The number of amides is 1. The van der Waals surface area contributed by atoms with Crippen molar-refractivity contribution < 1.29 is 4.79 Å². The van der Waals surface area contributed by atoms with Crippen LogP contribution in [-0.4, -0.2) is 17.4 Å². The van der Waals surface area contributed by atoms with Crippen molar-refractivity contribution in [3.63, 3.8) is 0 Å². The van der Waals surface area contributed by atoms with E-state index >= 15 is 0 Å². The molecule has 2 heterocycles. The van der Waals surface area contributed by atoms with E-state index in [0.29, 0.717) is 11.8 Å². The maximum absolute atomic E-state index is 11.7. The maximum atomic E-state index is 11.7. The van der Waals surface area contributed by atoms with Gasteiger partial charge in [0, 0.05) is 18.7 Å². The zero-order valence-electron chi connectivity index (χ0n) is 8.10. The first kappa shape index (κ1) is 7.97. The minimum Gasteiger partial charge on any atom is -0.296 e. The number of fused-ring (bicyclic) bond motifs is 1. The van der Waals surface area contributed by atoms with Crippen molar-refractivity contribution in [3.05, 3.63) is 23.9 Å². The number of aryl methyl sites for hydroxylation is 1. The van der Waals surface area contributed by atoms with E-state index in [2.05, 4.69) is 4.98 Å². The third-order valence-electron chi connectivity index (χ3n) is 3.10. The first-order chi connectivity index (χ1) is 6.75. The maximum Gasteiger partial charge on any atom is 0.231 e. The van der Waals surface area contributed by atoms with E-state index < -0.39 is 0 Å². The average Bonchev–Trinajstić information content (AvgIpc) is 2.86. The van der Waals surface area contributed by atoms with Gasteiger partial charge in [-0.15, -0.1) is 0 Å². The Morgan fingerprint density at radius 3 is 3.07 bits per heavy atom. The molecular formula is C11H12N2O. The molecule has 0 unspecified atom stereocenters. The number of carbonyl (C=O) groups excluding carboxylic acids is 1. The molecule has 1 saturated heterocycles. The minimum absolute atomic E-state index is 0.271. The molecule has 1 saturated carbocycles. The predicted molar refractivity (Wildman–Crippen MR) is 52.9 cm³/mol. The average molecular weight is 188 g/mol. The zero-order chi connectivity index (χ0) is 9.71. The number of hydrogen-bond acceptors (Lipinski definition) is 2. The van der Waals surface area contributed by atoms with Crippen molar-refractivity contribution in [2.75, 3.05) is 11.4 Å². The van der Waals surface area contributed by atoms with Crippen LogP contribution in [0.25, 0.3) is 0 Å². The van der Waals surface area contributed by atoms with Crippen LogP contribution in [0.5, 0.6) is 0 Å². The lowest BCUT2D eigenvalue weighted by atomic mass is 10.3. The fourth-order valence-corrected chi connectivity index (χ4v) is 2.15. The number of carbonyl (C=O) groups is 1. The number of aromatic nitrogens is 1. The molecule has 1 aliphatic carbocycles. The number of anilines is 1. The second-order valence-corrected chi connectivity index (χ2v) is 4.24. The Bertz CT molecular complexity index is 402. The van der Waals surface area contributed by atoms with Gasteiger partial charge < -0.3 is 0 Å². The quantitative estimate of drug-likeness (QED) is 0.667. The van der Waals surface area contributed by atoms with Crippen LogP contribution < -0.4 is 4.90 Å². The van der Waals surface area contributed by atoms with Crippen LogP contribution in [0.3, 0.4) is 0 Å². The number of hydrogen-bond donors (Lipinski definition) is 0. The molecule has 2 atom stereocenters. The molecule has 2 fully saturated rings. The largest absolute Gasteiger partial charge is 0.296 e. The lowest BCUT2D eigenvalue weighted by Crippen LogP contribution is -2.28. The van der Waals surface area contributed by atoms with Crippen molar-refractivity contribution in [1.82, 2.24) is 4.98 Å². The summed E-state index contributed by atoms with van der Waals surface area (Å²) in [5.74, 6) is 2.03. The lowest BCUT2D eigenvalue weighted by Gasteiger charge is -2.16. The minimum atomic E-state index is 0.271. The van der Waals surface area contributed by atoms with Crippen LogP contribution in [0.2, 0.25) is 0 Å². The molecule has 72 valence electrons. The van der Waals surface area contributed by atoms with Gasteiger partial charge in [0.05, 0.1) is 0 Å². The molecule has 14 heavy (non-hydrogen) atoms. The fraction of sp³-hybridized carbons (Fsp3) is 0.455. The van der Waals surface area contributed by atoms with Gasteiger partial charge in [0.2, 0.25) is 5.91 Å². The van der Waals surface area contributed by atoms with Crippen LogP contribution in [0, 0.1) is 18.8 Å². The lowest BCUT2D eigenvalue weighted by molar-refractivity contribution is -0.118. The Morgan fingerprint density at radius 1 is 1.57 bits per heavy atom. The van der Waals surface area contributed by atoms with E-state index in [-0.39, 0.29) is 5.91 Å². The molecule has 0 bridgehead atoms. The highest BCUT2D eigenvalue weighted by Crippen LogP contribution is 2.46. The molecular weight excluding hydrogens is 176 g/mol. The predicted octanol–water partition coefficient (Wildman–Crippen LogP) is 1.37. The van der Waals surface area contributed by atoms with Gasteiger partial charge in [0.15, 0.2) is 0 Å². The molecule has 0 aromatic carbocycles. The topological polar surface area (TPSA) is 33.2 Å². The Labute approximate surface area is 82.8 Å². The summed E-state index contributed by atoms with van der Waals surface area (Å²) in [6.07, 6.45) is 2.86. The van der Waals surface area contributed by atoms with Gasteiger partial charge in [-0.1, -0.05) is 0 Å². The molecule has 0 N–H and O–H groups in total. The molecule has 2 aliphatic rings. The highest BCUT2D eigenvalue weighted by atomic mass is 16.2. The van der Waals surface area contributed by atoms with Crippen molar-refractivity contribution in [2.45, 2.75) is 13.3 Å². The Balaban J connectivity index is 1.92. The van der Waals surface area contributed by atoms with E-state index in [4.69, 9.17) is 0 Å². The number of rotatable bonds is 1. The Morgan fingerprint density at radius 2 is 2.43 bits per heavy atom. The zero-order valence-corrected chi connectivity index (χ0v) is 8.10. The van der Waals surface area contributed by atoms with Gasteiger partial charge in [0.25, 0.3) is 0 Å². The van der Waals surface area contributed by atoms with E-state index in [9.17, 15) is 4.79 Å². The summed E-state index contributed by atoms with van der Waals surface area (Å²) >= 11 is 0. The summed E-state index contributed by atoms with van der Waals surface area (Å²) in [4.78, 5) is 17.8. The highest BCUT2D eigenvalue weighted by molar-refractivity contribution is 5.99. The van der Waals surface area contributed by atoms with E-state index in [1.54, 1.807) is 6.20 Å². The van der Waals surface area contributed by atoms with Crippen molar-refractivity contribution in [1.29, 1.82) is 0 Å².